The summed E-state index contributed by atoms with van der Waals surface area (Å²) in [5.74, 6) is 0. The standard InChI is InChI=1S/C6H14O4/c7-3-1-2-5(8)4-6(9)10/h5-10H,1-4H2. The molecule has 0 aliphatic carbocycles. The maximum atomic E-state index is 8.92. The van der Waals surface area contributed by atoms with Gasteiger partial charge in [-0.2, -0.15) is 0 Å². The fourth-order valence-electron chi connectivity index (χ4n) is 0.688. The third kappa shape index (κ3) is 5.97. The zero-order valence-electron chi connectivity index (χ0n) is 5.77. The van der Waals surface area contributed by atoms with Crippen molar-refractivity contribution >= 4 is 0 Å². The lowest BCUT2D eigenvalue weighted by atomic mass is 10.1. The molecule has 0 radical (unpaired) electrons. The van der Waals surface area contributed by atoms with Gasteiger partial charge in [-0.05, 0) is 12.8 Å². The first-order valence-corrected chi connectivity index (χ1v) is 3.32. The van der Waals surface area contributed by atoms with Crippen LogP contribution in [0.5, 0.6) is 0 Å². The van der Waals surface area contributed by atoms with E-state index in [-0.39, 0.29) is 13.0 Å². The molecule has 0 heterocycles. The van der Waals surface area contributed by atoms with E-state index in [1.165, 1.54) is 0 Å². The van der Waals surface area contributed by atoms with Crippen molar-refractivity contribution in [2.24, 2.45) is 0 Å². The van der Waals surface area contributed by atoms with E-state index in [0.717, 1.165) is 0 Å². The zero-order valence-corrected chi connectivity index (χ0v) is 5.77. The third-order valence-electron chi connectivity index (χ3n) is 1.18. The highest BCUT2D eigenvalue weighted by molar-refractivity contribution is 4.55. The van der Waals surface area contributed by atoms with E-state index in [4.69, 9.17) is 20.4 Å². The van der Waals surface area contributed by atoms with Crippen LogP contribution in [0.1, 0.15) is 19.3 Å². The second-order valence-corrected chi connectivity index (χ2v) is 2.24. The van der Waals surface area contributed by atoms with E-state index in [1.54, 1.807) is 0 Å². The minimum absolute atomic E-state index is 0.0264. The second kappa shape index (κ2) is 5.61. The molecule has 0 rings (SSSR count). The molecule has 10 heavy (non-hydrogen) atoms. The highest BCUT2D eigenvalue weighted by Gasteiger charge is 2.07. The van der Waals surface area contributed by atoms with Gasteiger partial charge in [0.05, 0.1) is 6.10 Å². The van der Waals surface area contributed by atoms with Gasteiger partial charge in [0, 0.05) is 13.0 Å². The van der Waals surface area contributed by atoms with Gasteiger partial charge < -0.3 is 20.4 Å². The Balaban J connectivity index is 3.16. The smallest absolute Gasteiger partial charge is 0.153 e. The monoisotopic (exact) mass is 150 g/mol. The number of hydrogen-bond acceptors (Lipinski definition) is 4. The Hall–Kier alpha value is -0.160. The van der Waals surface area contributed by atoms with Crippen LogP contribution < -0.4 is 0 Å². The number of aliphatic hydroxyl groups excluding tert-OH is 3. The van der Waals surface area contributed by atoms with Crippen molar-refractivity contribution in [1.82, 2.24) is 0 Å². The van der Waals surface area contributed by atoms with Crippen LogP contribution in [0.15, 0.2) is 0 Å². The van der Waals surface area contributed by atoms with Crippen LogP contribution in [-0.4, -0.2) is 39.4 Å². The molecule has 62 valence electrons. The highest BCUT2D eigenvalue weighted by atomic mass is 16.5. The predicted octanol–water partition coefficient (Wildman–Crippen LogP) is -1.18. The van der Waals surface area contributed by atoms with Crippen LogP contribution in [0, 0.1) is 0 Å². The first kappa shape index (κ1) is 9.84. The first-order chi connectivity index (χ1) is 4.66. The molecule has 0 aromatic rings. The van der Waals surface area contributed by atoms with Gasteiger partial charge in [-0.25, -0.2) is 0 Å². The quantitative estimate of drug-likeness (QED) is 0.372. The van der Waals surface area contributed by atoms with E-state index < -0.39 is 12.4 Å². The highest BCUT2D eigenvalue weighted by Crippen LogP contribution is 2.02. The van der Waals surface area contributed by atoms with Gasteiger partial charge in [0.2, 0.25) is 0 Å². The topological polar surface area (TPSA) is 80.9 Å². The summed E-state index contributed by atoms with van der Waals surface area (Å²) in [5.41, 5.74) is 0. The summed E-state index contributed by atoms with van der Waals surface area (Å²) in [6.07, 6.45) is -1.30. The van der Waals surface area contributed by atoms with Crippen molar-refractivity contribution in [2.75, 3.05) is 6.61 Å². The molecule has 1 atom stereocenters. The molecule has 0 fully saturated rings. The molecule has 0 aromatic carbocycles. The minimum Gasteiger partial charge on any atom is -0.396 e. The van der Waals surface area contributed by atoms with E-state index in [0.29, 0.717) is 12.8 Å². The summed E-state index contributed by atoms with van der Waals surface area (Å²) in [5, 5.41) is 33.9. The zero-order chi connectivity index (χ0) is 7.98. The van der Waals surface area contributed by atoms with Crippen molar-refractivity contribution in [3.8, 4) is 0 Å². The first-order valence-electron chi connectivity index (χ1n) is 3.32. The van der Waals surface area contributed by atoms with Gasteiger partial charge in [0.1, 0.15) is 0 Å². The Morgan fingerprint density at radius 1 is 1.10 bits per heavy atom. The van der Waals surface area contributed by atoms with Crippen LogP contribution in [0.25, 0.3) is 0 Å². The molecule has 4 heteroatoms. The van der Waals surface area contributed by atoms with Crippen molar-refractivity contribution in [3.63, 3.8) is 0 Å². The van der Waals surface area contributed by atoms with Crippen molar-refractivity contribution in [1.29, 1.82) is 0 Å². The summed E-state index contributed by atoms with van der Waals surface area (Å²) in [7, 11) is 0. The van der Waals surface area contributed by atoms with Gasteiger partial charge >= 0.3 is 0 Å². The van der Waals surface area contributed by atoms with Gasteiger partial charge in [0.25, 0.3) is 0 Å². The maximum Gasteiger partial charge on any atom is 0.153 e. The predicted molar refractivity (Wildman–Crippen MR) is 35.2 cm³/mol. The molecule has 0 aliphatic rings. The van der Waals surface area contributed by atoms with E-state index >= 15 is 0 Å². The molecule has 0 bridgehead atoms. The lowest BCUT2D eigenvalue weighted by Gasteiger charge is -2.09. The Morgan fingerprint density at radius 3 is 2.10 bits per heavy atom. The molecule has 4 N–H and O–H groups in total. The molecule has 0 saturated carbocycles. The van der Waals surface area contributed by atoms with Crippen molar-refractivity contribution < 1.29 is 20.4 Å². The molecule has 0 spiro atoms. The Labute approximate surface area is 59.7 Å². The second-order valence-electron chi connectivity index (χ2n) is 2.24. The van der Waals surface area contributed by atoms with Gasteiger partial charge in [-0.15, -0.1) is 0 Å². The summed E-state index contributed by atoms with van der Waals surface area (Å²) in [6.45, 7) is 0.0264. The summed E-state index contributed by atoms with van der Waals surface area (Å²) in [6, 6.07) is 0. The normalized spacial score (nSPS) is 14.1. The maximum absolute atomic E-state index is 8.92. The van der Waals surface area contributed by atoms with Crippen LogP contribution in [0.2, 0.25) is 0 Å². The molecule has 4 nitrogen and oxygen atoms in total. The van der Waals surface area contributed by atoms with Crippen molar-refractivity contribution in [3.05, 3.63) is 0 Å². The lowest BCUT2D eigenvalue weighted by Crippen LogP contribution is -2.17. The SMILES string of the molecule is OCCCC(O)CC(O)O. The Bertz CT molecular complexity index is 74.1. The van der Waals surface area contributed by atoms with Crippen LogP contribution in [0.4, 0.5) is 0 Å². The lowest BCUT2D eigenvalue weighted by molar-refractivity contribution is -0.0712. The van der Waals surface area contributed by atoms with E-state index in [9.17, 15) is 0 Å². The summed E-state index contributed by atoms with van der Waals surface area (Å²) < 4.78 is 0. The fourth-order valence-corrected chi connectivity index (χ4v) is 0.688. The molecule has 0 aromatic heterocycles. The van der Waals surface area contributed by atoms with Gasteiger partial charge in [-0.1, -0.05) is 0 Å². The summed E-state index contributed by atoms with van der Waals surface area (Å²) in [4.78, 5) is 0. The molecular formula is C6H14O4. The average Bonchev–Trinajstić information content (AvgIpc) is 1.82. The number of rotatable bonds is 5. The summed E-state index contributed by atoms with van der Waals surface area (Å²) >= 11 is 0. The minimum atomic E-state index is -1.45. The van der Waals surface area contributed by atoms with Crippen LogP contribution >= 0.6 is 0 Å². The van der Waals surface area contributed by atoms with Gasteiger partial charge in [-0.3, -0.25) is 0 Å². The third-order valence-corrected chi connectivity index (χ3v) is 1.18. The fraction of sp³-hybridized carbons (Fsp3) is 1.00. The number of hydrogen-bond donors (Lipinski definition) is 4. The Morgan fingerprint density at radius 2 is 1.70 bits per heavy atom. The van der Waals surface area contributed by atoms with Crippen molar-refractivity contribution in [2.45, 2.75) is 31.7 Å². The Kier molecular flexibility index (Phi) is 5.52. The molecular weight excluding hydrogens is 136 g/mol. The molecule has 0 aliphatic heterocycles. The largest absolute Gasteiger partial charge is 0.396 e. The van der Waals surface area contributed by atoms with Crippen LogP contribution in [0.3, 0.4) is 0 Å². The average molecular weight is 150 g/mol. The van der Waals surface area contributed by atoms with Crippen LogP contribution in [-0.2, 0) is 0 Å². The van der Waals surface area contributed by atoms with E-state index in [2.05, 4.69) is 0 Å². The van der Waals surface area contributed by atoms with Gasteiger partial charge in [0.15, 0.2) is 6.29 Å². The number of aliphatic hydroxyl groups is 4. The molecule has 1 unspecified atom stereocenters. The molecule has 0 saturated heterocycles. The molecule has 0 amide bonds. The van der Waals surface area contributed by atoms with E-state index in [1.807, 2.05) is 0 Å².